The van der Waals surface area contributed by atoms with Gasteiger partial charge in [0.05, 0.1) is 23.6 Å². The Labute approximate surface area is 217 Å². The fourth-order valence-electron chi connectivity index (χ4n) is 3.70. The van der Waals surface area contributed by atoms with Crippen molar-refractivity contribution in [2.45, 2.75) is 26.1 Å². The molecule has 0 amide bonds. The van der Waals surface area contributed by atoms with Crippen LogP contribution in [0.2, 0.25) is 5.02 Å². The van der Waals surface area contributed by atoms with Crippen molar-refractivity contribution in [3.8, 4) is 11.1 Å². The first-order valence-corrected chi connectivity index (χ1v) is 11.3. The van der Waals surface area contributed by atoms with E-state index in [1.165, 1.54) is 6.33 Å². The zero-order chi connectivity index (χ0) is 27.6. The summed E-state index contributed by atoms with van der Waals surface area (Å²) < 4.78 is 33.4. The van der Waals surface area contributed by atoms with Gasteiger partial charge in [-0.1, -0.05) is 29.8 Å². The Morgan fingerprint density at radius 2 is 1.82 bits per heavy atom. The highest BCUT2D eigenvalue weighted by Crippen LogP contribution is 2.29. The first-order valence-electron chi connectivity index (χ1n) is 11.0. The number of aryl methyl sites for hydroxylation is 1. The molecule has 0 saturated carbocycles. The third-order valence-corrected chi connectivity index (χ3v) is 5.69. The van der Waals surface area contributed by atoms with Gasteiger partial charge < -0.3 is 15.4 Å². The SMILES string of the molecule is Cc1cccc2nc(C(C)Nc3ncnc4nc[nH]c34)c(-c3ccc(Cl)cc3)c(=O)n12.O=C(O)C(F)(F)F. The van der Waals surface area contributed by atoms with Crippen LogP contribution in [-0.2, 0) is 4.79 Å². The van der Waals surface area contributed by atoms with Crippen molar-refractivity contribution in [1.29, 1.82) is 0 Å². The summed E-state index contributed by atoms with van der Waals surface area (Å²) in [6.07, 6.45) is -2.07. The lowest BCUT2D eigenvalue weighted by molar-refractivity contribution is -0.192. The maximum Gasteiger partial charge on any atom is 0.490 e. The maximum atomic E-state index is 13.6. The Bertz CT molecular complexity index is 1680. The van der Waals surface area contributed by atoms with Crippen molar-refractivity contribution in [2.75, 3.05) is 5.32 Å². The largest absolute Gasteiger partial charge is 0.490 e. The van der Waals surface area contributed by atoms with Gasteiger partial charge in [-0.15, -0.1) is 0 Å². The quantitative estimate of drug-likeness (QED) is 0.293. The number of hydrogen-bond acceptors (Lipinski definition) is 7. The molecular weight excluding hydrogens is 527 g/mol. The summed E-state index contributed by atoms with van der Waals surface area (Å²) in [7, 11) is 0. The van der Waals surface area contributed by atoms with E-state index in [9.17, 15) is 18.0 Å². The van der Waals surface area contributed by atoms with Crippen LogP contribution >= 0.6 is 11.6 Å². The second kappa shape index (κ2) is 10.5. The predicted octanol–water partition coefficient (Wildman–Crippen LogP) is 4.80. The van der Waals surface area contributed by atoms with Crippen molar-refractivity contribution in [3.05, 3.63) is 81.9 Å². The minimum absolute atomic E-state index is 0.136. The van der Waals surface area contributed by atoms with Crippen LogP contribution in [0.25, 0.3) is 27.9 Å². The number of halogens is 4. The number of benzene rings is 1. The number of carboxylic acids is 1. The van der Waals surface area contributed by atoms with Crippen molar-refractivity contribution >= 4 is 40.2 Å². The summed E-state index contributed by atoms with van der Waals surface area (Å²) in [4.78, 5) is 43.1. The minimum atomic E-state index is -5.08. The molecule has 0 radical (unpaired) electrons. The van der Waals surface area contributed by atoms with Crippen LogP contribution in [0, 0.1) is 6.92 Å². The highest BCUT2D eigenvalue weighted by atomic mass is 35.5. The number of alkyl halides is 3. The molecular formula is C24H19ClF3N7O3. The van der Waals surface area contributed by atoms with E-state index in [1.807, 2.05) is 44.2 Å². The summed E-state index contributed by atoms with van der Waals surface area (Å²) >= 11 is 6.08. The lowest BCUT2D eigenvalue weighted by Gasteiger charge is -2.19. The molecule has 4 heterocycles. The standard InChI is InChI=1S/C22H18ClN7O.C2HF3O2/c1-12-4-3-5-16-29-18(13(2)28-21-19-20(25-10-24-19)26-11-27-21)17(22(31)30(12)16)14-6-8-15(23)9-7-14;3-2(4,5)1(6)7/h3-11,13H,1-2H3,(H2,24,25,26,27,28);(H,6,7). The van der Waals surface area contributed by atoms with Crippen molar-refractivity contribution < 1.29 is 23.1 Å². The van der Waals surface area contributed by atoms with Gasteiger partial charge in [-0.05, 0) is 43.7 Å². The van der Waals surface area contributed by atoms with Gasteiger partial charge in [0.25, 0.3) is 5.56 Å². The number of anilines is 1. The molecule has 196 valence electrons. The van der Waals surface area contributed by atoms with E-state index in [0.717, 1.165) is 11.3 Å². The van der Waals surface area contributed by atoms with E-state index < -0.39 is 12.1 Å². The van der Waals surface area contributed by atoms with E-state index in [0.29, 0.717) is 38.9 Å². The normalized spacial score (nSPS) is 12.2. The summed E-state index contributed by atoms with van der Waals surface area (Å²) in [6, 6.07) is 12.5. The predicted molar refractivity (Wildman–Crippen MR) is 134 cm³/mol. The molecule has 0 aliphatic carbocycles. The number of imidazole rings is 1. The fourth-order valence-corrected chi connectivity index (χ4v) is 3.83. The third-order valence-electron chi connectivity index (χ3n) is 5.43. The smallest absolute Gasteiger partial charge is 0.475 e. The van der Waals surface area contributed by atoms with Crippen molar-refractivity contribution in [3.63, 3.8) is 0 Å². The number of carbonyl (C=O) groups is 1. The lowest BCUT2D eigenvalue weighted by Crippen LogP contribution is -2.24. The molecule has 0 bridgehead atoms. The number of rotatable bonds is 4. The zero-order valence-electron chi connectivity index (χ0n) is 19.8. The number of H-pyrrole nitrogens is 1. The second-order valence-electron chi connectivity index (χ2n) is 8.04. The molecule has 0 saturated heterocycles. The van der Waals surface area contributed by atoms with Gasteiger partial charge in [-0.3, -0.25) is 9.20 Å². The van der Waals surface area contributed by atoms with Crippen LogP contribution in [0.5, 0.6) is 0 Å². The van der Waals surface area contributed by atoms with Gasteiger partial charge >= 0.3 is 12.1 Å². The van der Waals surface area contributed by atoms with Crippen molar-refractivity contribution in [2.24, 2.45) is 0 Å². The number of nitrogens with zero attached hydrogens (tertiary/aromatic N) is 5. The maximum absolute atomic E-state index is 13.6. The molecule has 1 atom stereocenters. The van der Waals surface area contributed by atoms with Gasteiger partial charge in [0, 0.05) is 10.7 Å². The topological polar surface area (TPSA) is 138 Å². The molecule has 4 aromatic heterocycles. The minimum Gasteiger partial charge on any atom is -0.475 e. The molecule has 10 nitrogen and oxygen atoms in total. The molecule has 0 spiro atoms. The first kappa shape index (κ1) is 26.5. The monoisotopic (exact) mass is 545 g/mol. The Balaban J connectivity index is 0.000000426. The van der Waals surface area contributed by atoms with Crippen LogP contribution in [0.4, 0.5) is 19.0 Å². The first-order chi connectivity index (χ1) is 18.0. The molecule has 0 fully saturated rings. The highest BCUT2D eigenvalue weighted by Gasteiger charge is 2.38. The Kier molecular flexibility index (Phi) is 7.30. The van der Waals surface area contributed by atoms with Crippen molar-refractivity contribution in [1.82, 2.24) is 29.3 Å². The number of aromatic amines is 1. The second-order valence-corrected chi connectivity index (χ2v) is 8.47. The third kappa shape index (κ3) is 5.42. The summed E-state index contributed by atoms with van der Waals surface area (Å²) in [5.74, 6) is -2.17. The van der Waals surface area contributed by atoms with Gasteiger partial charge in [0.15, 0.2) is 11.5 Å². The fraction of sp³-hybridized carbons (Fsp3) is 0.167. The molecule has 0 aliphatic rings. The van der Waals surface area contributed by atoms with Crippen LogP contribution in [0.3, 0.4) is 0 Å². The number of hydrogen-bond donors (Lipinski definition) is 3. The number of aliphatic carboxylic acids is 1. The molecule has 0 aliphatic heterocycles. The van der Waals surface area contributed by atoms with Gasteiger partial charge in [0.1, 0.15) is 17.5 Å². The average molecular weight is 546 g/mol. The van der Waals surface area contributed by atoms with Crippen LogP contribution < -0.4 is 10.9 Å². The van der Waals surface area contributed by atoms with E-state index in [2.05, 4.69) is 25.3 Å². The van der Waals surface area contributed by atoms with E-state index in [-0.39, 0.29) is 11.6 Å². The van der Waals surface area contributed by atoms with Crippen LogP contribution in [0.1, 0.15) is 24.4 Å². The number of aromatic nitrogens is 6. The molecule has 1 aromatic carbocycles. The van der Waals surface area contributed by atoms with E-state index >= 15 is 0 Å². The number of pyridine rings is 1. The van der Waals surface area contributed by atoms with E-state index in [4.69, 9.17) is 26.5 Å². The van der Waals surface area contributed by atoms with Gasteiger partial charge in [0.2, 0.25) is 0 Å². The van der Waals surface area contributed by atoms with E-state index in [1.54, 1.807) is 22.9 Å². The number of fused-ring (bicyclic) bond motifs is 2. The van der Waals surface area contributed by atoms with Crippen LogP contribution in [0.15, 0.2) is 59.9 Å². The summed E-state index contributed by atoms with van der Waals surface area (Å²) in [6.45, 7) is 3.83. The molecule has 5 rings (SSSR count). The van der Waals surface area contributed by atoms with Gasteiger partial charge in [-0.2, -0.15) is 13.2 Å². The highest BCUT2D eigenvalue weighted by molar-refractivity contribution is 6.30. The molecule has 14 heteroatoms. The lowest BCUT2D eigenvalue weighted by atomic mass is 10.0. The molecule has 38 heavy (non-hydrogen) atoms. The number of nitrogens with one attached hydrogen (secondary N) is 2. The summed E-state index contributed by atoms with van der Waals surface area (Å²) in [5.41, 5.74) is 4.39. The molecule has 1 unspecified atom stereocenters. The zero-order valence-corrected chi connectivity index (χ0v) is 20.5. The van der Waals surface area contributed by atoms with Gasteiger partial charge in [-0.25, -0.2) is 24.7 Å². The Morgan fingerprint density at radius 1 is 1.13 bits per heavy atom. The Morgan fingerprint density at radius 3 is 2.47 bits per heavy atom. The number of carboxylic acid groups (broad SMARTS) is 1. The van der Waals surface area contributed by atoms with Crippen LogP contribution in [-0.4, -0.2) is 46.6 Å². The molecule has 5 aromatic rings. The summed E-state index contributed by atoms with van der Waals surface area (Å²) in [5, 5.41) is 11.1. The Hall–Kier alpha value is -4.52. The average Bonchev–Trinajstić information content (AvgIpc) is 3.34. The molecule has 3 N–H and O–H groups in total.